The second kappa shape index (κ2) is 11.1. The number of benzene rings is 1. The van der Waals surface area contributed by atoms with Crippen LogP contribution in [0.4, 0.5) is 17.6 Å². The fourth-order valence-electron chi connectivity index (χ4n) is 6.68. The van der Waals surface area contributed by atoms with E-state index in [2.05, 4.69) is 68.1 Å². The first-order chi connectivity index (χ1) is 18.6. The van der Waals surface area contributed by atoms with Gasteiger partial charge in [-0.25, -0.2) is 4.98 Å². The third-order valence-electron chi connectivity index (χ3n) is 8.83. The van der Waals surface area contributed by atoms with Crippen molar-refractivity contribution in [2.45, 2.75) is 88.6 Å². The van der Waals surface area contributed by atoms with Crippen LogP contribution in [0.25, 0.3) is 0 Å². The Morgan fingerprint density at radius 1 is 1.00 bits per heavy atom. The van der Waals surface area contributed by atoms with Gasteiger partial charge in [-0.1, -0.05) is 37.1 Å². The van der Waals surface area contributed by atoms with Gasteiger partial charge >= 0.3 is 0 Å². The van der Waals surface area contributed by atoms with Gasteiger partial charge in [0.25, 0.3) is 0 Å². The van der Waals surface area contributed by atoms with E-state index in [0.29, 0.717) is 24.3 Å². The molecule has 2 heterocycles. The van der Waals surface area contributed by atoms with Gasteiger partial charge in [0.1, 0.15) is 5.82 Å². The predicted octanol–water partition coefficient (Wildman–Crippen LogP) is 5.27. The SMILES string of the molecule is CN(c1nccc(Nc2cc(C3CCCC3)[nH]n2)n1)C1CCC(NC(=O)CC2Cc3ccccc3C2)CC1. The molecule has 2 saturated carbocycles. The smallest absolute Gasteiger partial charge is 0.227 e. The fraction of sp³-hybridized carbons (Fsp3) is 0.533. The summed E-state index contributed by atoms with van der Waals surface area (Å²) in [5, 5.41) is 14.3. The molecule has 3 aliphatic rings. The van der Waals surface area contributed by atoms with Crippen LogP contribution < -0.4 is 15.5 Å². The molecule has 3 aromatic rings. The Morgan fingerprint density at radius 2 is 1.74 bits per heavy atom. The molecule has 0 spiro atoms. The van der Waals surface area contributed by atoms with Crippen LogP contribution in [0, 0.1) is 5.92 Å². The number of hydrogen-bond donors (Lipinski definition) is 3. The maximum absolute atomic E-state index is 12.8. The highest BCUT2D eigenvalue weighted by atomic mass is 16.1. The summed E-state index contributed by atoms with van der Waals surface area (Å²) >= 11 is 0. The van der Waals surface area contributed by atoms with E-state index in [4.69, 9.17) is 4.98 Å². The minimum Gasteiger partial charge on any atom is -0.353 e. The predicted molar refractivity (Wildman–Crippen MR) is 150 cm³/mol. The molecule has 8 nitrogen and oxygen atoms in total. The molecular weight excluding hydrogens is 474 g/mol. The highest BCUT2D eigenvalue weighted by Crippen LogP contribution is 2.34. The van der Waals surface area contributed by atoms with Crippen LogP contribution in [0.15, 0.2) is 42.6 Å². The Balaban J connectivity index is 0.975. The van der Waals surface area contributed by atoms with E-state index in [1.807, 2.05) is 6.07 Å². The summed E-state index contributed by atoms with van der Waals surface area (Å²) in [6.45, 7) is 0. The van der Waals surface area contributed by atoms with Crippen LogP contribution in [0.3, 0.4) is 0 Å². The lowest BCUT2D eigenvalue weighted by Crippen LogP contribution is -2.43. The van der Waals surface area contributed by atoms with Crippen LogP contribution in [0.5, 0.6) is 0 Å². The molecule has 200 valence electrons. The summed E-state index contributed by atoms with van der Waals surface area (Å²) in [5.74, 6) is 3.51. The summed E-state index contributed by atoms with van der Waals surface area (Å²) in [7, 11) is 2.08. The number of nitrogens with zero attached hydrogens (tertiary/aromatic N) is 4. The number of amides is 1. The standard InChI is InChI=1S/C30H39N7O/c1-37(30-31-15-14-27(34-30)33-28-19-26(35-36-28)21-6-2-3-7-21)25-12-10-24(11-13-25)32-29(38)18-20-16-22-8-4-5-9-23(22)17-20/h4-5,8-9,14-15,19-21,24-25H,2-3,6-7,10-13,16-18H2,1H3,(H,32,38)(H2,31,33,34,35,36). The second-order valence-electron chi connectivity index (χ2n) is 11.5. The monoisotopic (exact) mass is 513 g/mol. The lowest BCUT2D eigenvalue weighted by atomic mass is 9.90. The van der Waals surface area contributed by atoms with Gasteiger partial charge in [-0.15, -0.1) is 0 Å². The van der Waals surface area contributed by atoms with Gasteiger partial charge < -0.3 is 15.5 Å². The van der Waals surface area contributed by atoms with Crippen molar-refractivity contribution in [2.75, 3.05) is 17.3 Å². The normalized spacial score (nSPS) is 21.8. The fourth-order valence-corrected chi connectivity index (χ4v) is 6.68. The van der Waals surface area contributed by atoms with Crippen LogP contribution in [0.1, 0.15) is 80.5 Å². The Bertz CT molecular complexity index is 1220. The molecule has 0 saturated heterocycles. The molecule has 0 atom stereocenters. The van der Waals surface area contributed by atoms with E-state index >= 15 is 0 Å². The number of aromatic amines is 1. The average molecular weight is 514 g/mol. The van der Waals surface area contributed by atoms with Crippen molar-refractivity contribution in [3.63, 3.8) is 0 Å². The van der Waals surface area contributed by atoms with Crippen LogP contribution in [-0.4, -0.2) is 45.2 Å². The van der Waals surface area contributed by atoms with Crippen molar-refractivity contribution in [3.8, 4) is 0 Å². The van der Waals surface area contributed by atoms with E-state index < -0.39 is 0 Å². The first kappa shape index (κ1) is 24.9. The Labute approximate surface area is 225 Å². The lowest BCUT2D eigenvalue weighted by molar-refractivity contribution is -0.122. The van der Waals surface area contributed by atoms with Gasteiger partial charge in [-0.2, -0.15) is 10.1 Å². The molecule has 0 radical (unpaired) electrons. The number of rotatable bonds is 8. The number of carbonyl (C=O) groups is 1. The van der Waals surface area contributed by atoms with E-state index in [1.165, 1.54) is 42.5 Å². The molecule has 0 unspecified atom stereocenters. The first-order valence-corrected chi connectivity index (χ1v) is 14.3. The molecule has 0 aliphatic heterocycles. The maximum atomic E-state index is 12.8. The molecule has 6 rings (SSSR count). The van der Waals surface area contributed by atoms with Crippen molar-refractivity contribution in [1.29, 1.82) is 0 Å². The number of aromatic nitrogens is 4. The topological polar surface area (TPSA) is 98.8 Å². The quantitative estimate of drug-likeness (QED) is 0.380. The van der Waals surface area contributed by atoms with Gasteiger partial charge in [0.05, 0.1) is 0 Å². The average Bonchev–Trinajstić information content (AvgIpc) is 3.69. The third-order valence-corrected chi connectivity index (χ3v) is 8.83. The molecule has 3 aliphatic carbocycles. The molecule has 0 bridgehead atoms. The molecule has 38 heavy (non-hydrogen) atoms. The minimum atomic E-state index is 0.205. The maximum Gasteiger partial charge on any atom is 0.227 e. The van der Waals surface area contributed by atoms with E-state index in [-0.39, 0.29) is 11.9 Å². The highest BCUT2D eigenvalue weighted by Gasteiger charge is 2.28. The summed E-state index contributed by atoms with van der Waals surface area (Å²) in [5.41, 5.74) is 4.04. The van der Waals surface area contributed by atoms with Crippen molar-refractivity contribution in [1.82, 2.24) is 25.5 Å². The molecule has 1 aromatic carbocycles. The van der Waals surface area contributed by atoms with Gasteiger partial charge in [0, 0.05) is 49.4 Å². The summed E-state index contributed by atoms with van der Waals surface area (Å²) in [6.07, 6.45) is 13.6. The molecule has 2 aromatic heterocycles. The molecule has 2 fully saturated rings. The number of hydrogen-bond acceptors (Lipinski definition) is 6. The Kier molecular flexibility index (Phi) is 7.29. The summed E-state index contributed by atoms with van der Waals surface area (Å²) in [6, 6.07) is 13.2. The van der Waals surface area contributed by atoms with Gasteiger partial charge in [-0.05, 0) is 74.5 Å². The number of anilines is 3. The van der Waals surface area contributed by atoms with Crippen LogP contribution >= 0.6 is 0 Å². The second-order valence-corrected chi connectivity index (χ2v) is 11.5. The van der Waals surface area contributed by atoms with Crippen molar-refractivity contribution < 1.29 is 4.79 Å². The molecule has 1 amide bonds. The largest absolute Gasteiger partial charge is 0.353 e. The van der Waals surface area contributed by atoms with Gasteiger partial charge in [0.2, 0.25) is 11.9 Å². The molecule has 3 N–H and O–H groups in total. The zero-order valence-electron chi connectivity index (χ0n) is 22.3. The Hall–Kier alpha value is -3.42. The van der Waals surface area contributed by atoms with Crippen molar-refractivity contribution >= 4 is 23.5 Å². The molecular formula is C30H39N7O. The Morgan fingerprint density at radius 3 is 2.47 bits per heavy atom. The zero-order valence-corrected chi connectivity index (χ0v) is 22.3. The lowest BCUT2D eigenvalue weighted by Gasteiger charge is -2.35. The van der Waals surface area contributed by atoms with Crippen LogP contribution in [-0.2, 0) is 17.6 Å². The van der Waals surface area contributed by atoms with E-state index in [9.17, 15) is 4.79 Å². The number of carbonyl (C=O) groups excluding carboxylic acids is 1. The van der Waals surface area contributed by atoms with Gasteiger partial charge in [-0.3, -0.25) is 9.89 Å². The zero-order chi connectivity index (χ0) is 25.9. The van der Waals surface area contributed by atoms with Crippen molar-refractivity contribution in [3.05, 3.63) is 59.4 Å². The number of H-pyrrole nitrogens is 1. The van der Waals surface area contributed by atoms with Crippen molar-refractivity contribution in [2.24, 2.45) is 5.92 Å². The first-order valence-electron chi connectivity index (χ1n) is 14.3. The van der Waals surface area contributed by atoms with Crippen LogP contribution in [0.2, 0.25) is 0 Å². The highest BCUT2D eigenvalue weighted by molar-refractivity contribution is 5.76. The third kappa shape index (κ3) is 5.69. The molecule has 8 heteroatoms. The number of nitrogens with one attached hydrogen (secondary N) is 3. The number of fused-ring (bicyclic) bond motifs is 1. The minimum absolute atomic E-state index is 0.205. The summed E-state index contributed by atoms with van der Waals surface area (Å²) < 4.78 is 0. The van der Waals surface area contributed by atoms with E-state index in [0.717, 1.165) is 56.1 Å². The van der Waals surface area contributed by atoms with Gasteiger partial charge in [0.15, 0.2) is 5.82 Å². The summed E-state index contributed by atoms with van der Waals surface area (Å²) in [4.78, 5) is 24.3. The van der Waals surface area contributed by atoms with E-state index in [1.54, 1.807) is 6.20 Å².